The van der Waals surface area contributed by atoms with Crippen molar-refractivity contribution in [3.63, 3.8) is 0 Å². The van der Waals surface area contributed by atoms with Gasteiger partial charge in [0, 0.05) is 7.05 Å². The molecule has 7 heteroatoms. The molecular weight excluding hydrogens is 176 g/mol. The molecule has 0 fully saturated rings. The van der Waals surface area contributed by atoms with Crippen LogP contribution in [0.2, 0.25) is 0 Å². The van der Waals surface area contributed by atoms with Gasteiger partial charge >= 0.3 is 11.1 Å². The van der Waals surface area contributed by atoms with Gasteiger partial charge in [0.1, 0.15) is 12.9 Å². The van der Waals surface area contributed by atoms with Gasteiger partial charge in [-0.25, -0.2) is 5.10 Å². The van der Waals surface area contributed by atoms with Crippen molar-refractivity contribution in [2.75, 3.05) is 7.05 Å². The van der Waals surface area contributed by atoms with Gasteiger partial charge in [0.2, 0.25) is 5.91 Å². The first-order valence-corrected chi connectivity index (χ1v) is 3.50. The molecule has 0 aromatic carbocycles. The molecule has 1 heterocycles. The van der Waals surface area contributed by atoms with Crippen molar-refractivity contribution in [2.24, 2.45) is 0 Å². The molecule has 13 heavy (non-hydrogen) atoms. The van der Waals surface area contributed by atoms with Gasteiger partial charge in [0.25, 0.3) is 0 Å². The molecule has 0 aliphatic heterocycles. The average Bonchev–Trinajstić information content (AvgIpc) is 2.13. The van der Waals surface area contributed by atoms with Gasteiger partial charge in [0.15, 0.2) is 0 Å². The fourth-order valence-corrected chi connectivity index (χ4v) is 0.734. The van der Waals surface area contributed by atoms with Gasteiger partial charge in [-0.2, -0.15) is 5.10 Å². The van der Waals surface area contributed by atoms with Crippen molar-refractivity contribution in [2.45, 2.75) is 6.54 Å². The third-order valence-electron chi connectivity index (χ3n) is 1.41. The third kappa shape index (κ3) is 2.01. The maximum absolute atomic E-state index is 11.0. The lowest BCUT2D eigenvalue weighted by molar-refractivity contribution is -0.121. The van der Waals surface area contributed by atoms with Gasteiger partial charge in [-0.05, 0) is 0 Å². The SMILES string of the molecule is CNC(=O)Cn1cn[nH]c(=O)c1=O. The first kappa shape index (κ1) is 9.17. The number of amides is 1. The molecule has 1 aromatic rings. The molecule has 7 nitrogen and oxygen atoms in total. The Kier molecular flexibility index (Phi) is 2.58. The predicted molar refractivity (Wildman–Crippen MR) is 43.2 cm³/mol. The van der Waals surface area contributed by atoms with Crippen LogP contribution >= 0.6 is 0 Å². The van der Waals surface area contributed by atoms with E-state index >= 15 is 0 Å². The van der Waals surface area contributed by atoms with Crippen LogP contribution in [0.5, 0.6) is 0 Å². The minimum atomic E-state index is -0.841. The van der Waals surface area contributed by atoms with Crippen LogP contribution in [0, 0.1) is 0 Å². The summed E-state index contributed by atoms with van der Waals surface area (Å²) in [5.41, 5.74) is -1.63. The minimum Gasteiger partial charge on any atom is -0.358 e. The molecule has 0 saturated heterocycles. The Balaban J connectivity index is 3.03. The van der Waals surface area contributed by atoms with Gasteiger partial charge < -0.3 is 5.32 Å². The summed E-state index contributed by atoms with van der Waals surface area (Å²) in [5.74, 6) is -0.366. The third-order valence-corrected chi connectivity index (χ3v) is 1.41. The Morgan fingerprint density at radius 1 is 1.69 bits per heavy atom. The number of aromatic nitrogens is 3. The van der Waals surface area contributed by atoms with Crippen molar-refractivity contribution in [1.29, 1.82) is 0 Å². The Morgan fingerprint density at radius 3 is 3.00 bits per heavy atom. The van der Waals surface area contributed by atoms with Crippen molar-refractivity contribution in [1.82, 2.24) is 20.1 Å². The van der Waals surface area contributed by atoms with E-state index in [1.54, 1.807) is 0 Å². The van der Waals surface area contributed by atoms with Crippen LogP contribution in [-0.4, -0.2) is 27.7 Å². The lowest BCUT2D eigenvalue weighted by Gasteiger charge is -2.00. The number of carbonyl (C=O) groups excluding carboxylic acids is 1. The second kappa shape index (κ2) is 3.65. The molecule has 1 aromatic heterocycles. The predicted octanol–water partition coefficient (Wildman–Crippen LogP) is -2.32. The van der Waals surface area contributed by atoms with Crippen LogP contribution in [0.1, 0.15) is 0 Å². The molecule has 70 valence electrons. The molecule has 0 aliphatic rings. The summed E-state index contributed by atoms with van der Waals surface area (Å²) in [6.07, 6.45) is 1.10. The fourth-order valence-electron chi connectivity index (χ4n) is 0.734. The molecule has 2 N–H and O–H groups in total. The number of likely N-dealkylation sites (N-methyl/N-ethyl adjacent to an activating group) is 1. The highest BCUT2D eigenvalue weighted by molar-refractivity contribution is 5.75. The lowest BCUT2D eigenvalue weighted by Crippen LogP contribution is -2.39. The number of nitrogens with zero attached hydrogens (tertiary/aromatic N) is 2. The van der Waals surface area contributed by atoms with Crippen LogP contribution in [-0.2, 0) is 11.3 Å². The Bertz CT molecular complexity index is 418. The highest BCUT2D eigenvalue weighted by Gasteiger charge is 2.03. The topological polar surface area (TPSA) is 96.8 Å². The van der Waals surface area contributed by atoms with Gasteiger partial charge in [0.05, 0.1) is 0 Å². The zero-order valence-corrected chi connectivity index (χ0v) is 6.90. The standard InChI is InChI=1S/C6H8N4O3/c1-7-4(11)2-10-3-8-9-5(12)6(10)13/h3H,2H2,1H3,(H,7,11)(H,9,12). The summed E-state index contributed by atoms with van der Waals surface area (Å²) in [6, 6.07) is 0. The Labute approximate surface area is 72.4 Å². The normalized spacial score (nSPS) is 9.62. The maximum Gasteiger partial charge on any atom is 0.330 e. The number of rotatable bonds is 2. The van der Waals surface area contributed by atoms with E-state index in [-0.39, 0.29) is 12.5 Å². The van der Waals surface area contributed by atoms with Crippen molar-refractivity contribution in [3.8, 4) is 0 Å². The zero-order chi connectivity index (χ0) is 9.84. The molecule has 1 amide bonds. The molecule has 0 aliphatic carbocycles. The summed E-state index contributed by atoms with van der Waals surface area (Å²) in [4.78, 5) is 32.6. The second-order valence-corrected chi connectivity index (χ2v) is 2.29. The van der Waals surface area contributed by atoms with Crippen LogP contribution < -0.4 is 16.4 Å². The van der Waals surface area contributed by atoms with E-state index in [1.807, 2.05) is 5.10 Å². The van der Waals surface area contributed by atoms with Crippen LogP contribution in [0.15, 0.2) is 15.9 Å². The Morgan fingerprint density at radius 2 is 2.38 bits per heavy atom. The monoisotopic (exact) mass is 184 g/mol. The van der Waals surface area contributed by atoms with E-state index in [2.05, 4.69) is 10.4 Å². The molecule has 0 unspecified atom stereocenters. The van der Waals surface area contributed by atoms with E-state index in [0.29, 0.717) is 0 Å². The molecule has 0 spiro atoms. The summed E-state index contributed by atoms with van der Waals surface area (Å²) < 4.78 is 0.928. The van der Waals surface area contributed by atoms with E-state index in [4.69, 9.17) is 0 Å². The largest absolute Gasteiger partial charge is 0.358 e. The van der Waals surface area contributed by atoms with E-state index in [0.717, 1.165) is 10.9 Å². The quantitative estimate of drug-likeness (QED) is 0.504. The molecular formula is C6H8N4O3. The second-order valence-electron chi connectivity index (χ2n) is 2.29. The maximum atomic E-state index is 11.0. The lowest BCUT2D eigenvalue weighted by atomic mass is 10.5. The minimum absolute atomic E-state index is 0.202. The number of hydrogen-bond donors (Lipinski definition) is 2. The highest BCUT2D eigenvalue weighted by Crippen LogP contribution is 1.73. The molecule has 0 bridgehead atoms. The van der Waals surface area contributed by atoms with Crippen LogP contribution in [0.4, 0.5) is 0 Å². The zero-order valence-electron chi connectivity index (χ0n) is 6.90. The van der Waals surface area contributed by atoms with Crippen molar-refractivity contribution in [3.05, 3.63) is 27.0 Å². The first-order chi connectivity index (χ1) is 6.15. The molecule has 0 radical (unpaired) electrons. The molecule has 0 atom stereocenters. The Hall–Kier alpha value is -1.92. The van der Waals surface area contributed by atoms with Crippen LogP contribution in [0.3, 0.4) is 0 Å². The van der Waals surface area contributed by atoms with Crippen LogP contribution in [0.25, 0.3) is 0 Å². The van der Waals surface area contributed by atoms with E-state index in [1.165, 1.54) is 7.05 Å². The number of H-pyrrole nitrogens is 1. The van der Waals surface area contributed by atoms with E-state index < -0.39 is 11.1 Å². The highest BCUT2D eigenvalue weighted by atomic mass is 16.2. The summed E-state index contributed by atoms with van der Waals surface area (Å²) in [5, 5.41) is 7.66. The fraction of sp³-hybridized carbons (Fsp3) is 0.333. The number of carbonyl (C=O) groups is 1. The number of hydrogen-bond acceptors (Lipinski definition) is 4. The summed E-state index contributed by atoms with van der Waals surface area (Å²) >= 11 is 0. The van der Waals surface area contributed by atoms with E-state index in [9.17, 15) is 14.4 Å². The molecule has 1 rings (SSSR count). The summed E-state index contributed by atoms with van der Waals surface area (Å²) in [7, 11) is 1.44. The van der Waals surface area contributed by atoms with Gasteiger partial charge in [-0.1, -0.05) is 0 Å². The summed E-state index contributed by atoms with van der Waals surface area (Å²) in [6.45, 7) is -0.202. The number of aromatic amines is 1. The molecule has 0 saturated carbocycles. The van der Waals surface area contributed by atoms with Crippen molar-refractivity contribution < 1.29 is 4.79 Å². The smallest absolute Gasteiger partial charge is 0.330 e. The first-order valence-electron chi connectivity index (χ1n) is 3.50. The van der Waals surface area contributed by atoms with Crippen molar-refractivity contribution >= 4 is 5.91 Å². The number of nitrogens with one attached hydrogen (secondary N) is 2. The van der Waals surface area contributed by atoms with Gasteiger partial charge in [-0.15, -0.1) is 0 Å². The van der Waals surface area contributed by atoms with Gasteiger partial charge in [-0.3, -0.25) is 19.0 Å². The average molecular weight is 184 g/mol.